The zero-order valence-electron chi connectivity index (χ0n) is 7.84. The van der Waals surface area contributed by atoms with Gasteiger partial charge in [-0.15, -0.1) is 6.58 Å². The summed E-state index contributed by atoms with van der Waals surface area (Å²) in [5, 5.41) is 0.237. The molecule has 0 rings (SSSR count). The lowest BCUT2D eigenvalue weighted by molar-refractivity contribution is -0.109. The summed E-state index contributed by atoms with van der Waals surface area (Å²) in [6, 6.07) is 0. The molecule has 12 heavy (non-hydrogen) atoms. The van der Waals surface area contributed by atoms with E-state index < -0.39 is 0 Å². The van der Waals surface area contributed by atoms with Crippen LogP contribution in [-0.2, 0) is 4.79 Å². The van der Waals surface area contributed by atoms with Gasteiger partial charge in [-0.25, -0.2) is 0 Å². The van der Waals surface area contributed by atoms with E-state index in [9.17, 15) is 4.79 Å². The van der Waals surface area contributed by atoms with Gasteiger partial charge in [-0.3, -0.25) is 4.79 Å². The van der Waals surface area contributed by atoms with E-state index in [1.165, 1.54) is 37.4 Å². The van der Waals surface area contributed by atoms with Crippen LogP contribution in [0.25, 0.3) is 0 Å². The first kappa shape index (κ1) is 11.8. The third kappa shape index (κ3) is 9.76. The van der Waals surface area contributed by atoms with Gasteiger partial charge in [0.2, 0.25) is 0 Å². The highest BCUT2D eigenvalue weighted by molar-refractivity contribution is 8.13. The zero-order valence-corrected chi connectivity index (χ0v) is 8.66. The summed E-state index contributed by atoms with van der Waals surface area (Å²) in [5.41, 5.74) is 0. The summed E-state index contributed by atoms with van der Waals surface area (Å²) in [4.78, 5) is 10.5. The van der Waals surface area contributed by atoms with Gasteiger partial charge in [0.25, 0.3) is 0 Å². The van der Waals surface area contributed by atoms with Gasteiger partial charge in [-0.2, -0.15) is 0 Å². The van der Waals surface area contributed by atoms with Crippen LogP contribution < -0.4 is 0 Å². The highest BCUT2D eigenvalue weighted by Crippen LogP contribution is 2.09. The third-order valence-corrected chi connectivity index (χ3v) is 2.51. The molecule has 0 aliphatic rings. The van der Waals surface area contributed by atoms with Crippen molar-refractivity contribution in [3.63, 3.8) is 0 Å². The summed E-state index contributed by atoms with van der Waals surface area (Å²) in [6.45, 7) is 5.30. The quantitative estimate of drug-likeness (QED) is 0.448. The van der Waals surface area contributed by atoms with Crippen molar-refractivity contribution in [2.45, 2.75) is 39.0 Å². The number of rotatable bonds is 7. The molecule has 0 atom stereocenters. The second kappa shape index (κ2) is 8.85. The number of hydrogen-bond donors (Lipinski definition) is 0. The molecule has 0 heterocycles. The van der Waals surface area contributed by atoms with E-state index in [-0.39, 0.29) is 5.12 Å². The van der Waals surface area contributed by atoms with E-state index in [4.69, 9.17) is 0 Å². The number of unbranched alkanes of at least 4 members (excludes halogenated alkanes) is 4. The predicted octanol–water partition coefficient (Wildman–Crippen LogP) is 3.40. The van der Waals surface area contributed by atoms with E-state index in [2.05, 4.69) is 6.58 Å². The highest BCUT2D eigenvalue weighted by atomic mass is 32.2. The van der Waals surface area contributed by atoms with Gasteiger partial charge in [-0.05, 0) is 19.3 Å². The van der Waals surface area contributed by atoms with Crippen molar-refractivity contribution in [1.29, 1.82) is 0 Å². The average Bonchev–Trinajstić information content (AvgIpc) is 2.02. The Morgan fingerprint density at radius 2 is 2.00 bits per heavy atom. The molecule has 0 fully saturated rings. The number of carbonyl (C=O) groups is 1. The molecule has 0 aliphatic carbocycles. The molecule has 0 radical (unpaired) electrons. The van der Waals surface area contributed by atoms with Gasteiger partial charge < -0.3 is 0 Å². The third-order valence-electron chi connectivity index (χ3n) is 1.61. The van der Waals surface area contributed by atoms with E-state index >= 15 is 0 Å². The maximum Gasteiger partial charge on any atom is 0.185 e. The minimum Gasteiger partial charge on any atom is -0.288 e. The molecule has 0 N–H and O–H groups in total. The van der Waals surface area contributed by atoms with Crippen LogP contribution in [0.2, 0.25) is 0 Å². The Morgan fingerprint density at radius 1 is 1.33 bits per heavy atom. The lowest BCUT2D eigenvalue weighted by atomic mass is 10.2. The van der Waals surface area contributed by atoms with Crippen LogP contribution >= 0.6 is 11.8 Å². The second-order valence-electron chi connectivity index (χ2n) is 2.83. The van der Waals surface area contributed by atoms with Gasteiger partial charge in [0.15, 0.2) is 5.12 Å². The van der Waals surface area contributed by atoms with Gasteiger partial charge >= 0.3 is 0 Å². The summed E-state index contributed by atoms with van der Waals surface area (Å²) in [7, 11) is 0. The molecule has 1 nitrogen and oxygen atoms in total. The van der Waals surface area contributed by atoms with Crippen molar-refractivity contribution in [2.75, 3.05) is 5.75 Å². The monoisotopic (exact) mass is 186 g/mol. The lowest BCUT2D eigenvalue weighted by Gasteiger charge is -1.97. The first-order valence-electron chi connectivity index (χ1n) is 4.51. The highest BCUT2D eigenvalue weighted by Gasteiger charge is 1.93. The van der Waals surface area contributed by atoms with Crippen molar-refractivity contribution < 1.29 is 4.79 Å². The van der Waals surface area contributed by atoms with Crippen molar-refractivity contribution in [3.05, 3.63) is 12.7 Å². The first-order valence-corrected chi connectivity index (χ1v) is 5.50. The van der Waals surface area contributed by atoms with E-state index in [0.29, 0.717) is 0 Å². The smallest absolute Gasteiger partial charge is 0.185 e. The number of allylic oxidation sites excluding steroid dienone is 1. The van der Waals surface area contributed by atoms with Gasteiger partial charge in [0.1, 0.15) is 0 Å². The molecular formula is C10H18OS. The molecule has 0 aromatic carbocycles. The minimum absolute atomic E-state index is 0.237. The van der Waals surface area contributed by atoms with Crippen LogP contribution in [0, 0.1) is 0 Å². The Kier molecular flexibility index (Phi) is 8.68. The lowest BCUT2D eigenvalue weighted by Crippen LogP contribution is -1.86. The average molecular weight is 186 g/mol. The molecule has 0 saturated heterocycles. The molecule has 0 aromatic rings. The molecule has 70 valence electrons. The maximum absolute atomic E-state index is 10.5. The molecule has 0 unspecified atom stereocenters. The number of carbonyl (C=O) groups excluding carboxylic acids is 1. The zero-order chi connectivity index (χ0) is 9.23. The Balaban J connectivity index is 2.90. The Morgan fingerprint density at radius 3 is 2.58 bits per heavy atom. The molecule has 0 bridgehead atoms. The maximum atomic E-state index is 10.5. The van der Waals surface area contributed by atoms with Gasteiger partial charge in [0, 0.05) is 12.7 Å². The standard InChI is InChI=1S/C10H18OS/c1-3-4-5-6-7-8-9-12-10(2)11/h3H,1,4-9H2,2H3. The predicted molar refractivity (Wildman–Crippen MR) is 56.4 cm³/mol. The van der Waals surface area contributed by atoms with Crippen LogP contribution in [0.4, 0.5) is 0 Å². The van der Waals surface area contributed by atoms with E-state index in [1.54, 1.807) is 6.92 Å². The summed E-state index contributed by atoms with van der Waals surface area (Å²) < 4.78 is 0. The SMILES string of the molecule is C=CCCCCCCSC(C)=O. The molecule has 0 aromatic heterocycles. The molecular weight excluding hydrogens is 168 g/mol. The summed E-state index contributed by atoms with van der Waals surface area (Å²) in [5.74, 6) is 0.990. The molecule has 0 saturated carbocycles. The molecule has 2 heteroatoms. The van der Waals surface area contributed by atoms with Crippen molar-refractivity contribution in [2.24, 2.45) is 0 Å². The topological polar surface area (TPSA) is 17.1 Å². The largest absolute Gasteiger partial charge is 0.288 e. The van der Waals surface area contributed by atoms with Crippen molar-refractivity contribution >= 4 is 16.9 Å². The molecule has 0 aliphatic heterocycles. The van der Waals surface area contributed by atoms with Crippen LogP contribution in [-0.4, -0.2) is 10.9 Å². The van der Waals surface area contributed by atoms with E-state index in [0.717, 1.165) is 12.2 Å². The van der Waals surface area contributed by atoms with Crippen molar-refractivity contribution in [3.8, 4) is 0 Å². The fraction of sp³-hybridized carbons (Fsp3) is 0.700. The normalized spacial score (nSPS) is 9.75. The fourth-order valence-corrected chi connectivity index (χ4v) is 1.60. The van der Waals surface area contributed by atoms with Crippen LogP contribution in [0.5, 0.6) is 0 Å². The van der Waals surface area contributed by atoms with E-state index in [1.807, 2.05) is 6.08 Å². The number of thioether (sulfide) groups is 1. The Bertz CT molecular complexity index is 132. The van der Waals surface area contributed by atoms with Crippen LogP contribution in [0.1, 0.15) is 39.0 Å². The van der Waals surface area contributed by atoms with Crippen LogP contribution in [0.3, 0.4) is 0 Å². The fourth-order valence-electron chi connectivity index (χ4n) is 0.960. The van der Waals surface area contributed by atoms with Crippen LogP contribution in [0.15, 0.2) is 12.7 Å². The second-order valence-corrected chi connectivity index (χ2v) is 4.10. The first-order chi connectivity index (χ1) is 5.77. The van der Waals surface area contributed by atoms with Crippen molar-refractivity contribution in [1.82, 2.24) is 0 Å². The number of hydrogen-bond acceptors (Lipinski definition) is 2. The summed E-state index contributed by atoms with van der Waals surface area (Å²) in [6.07, 6.45) is 8.01. The Hall–Kier alpha value is -0.240. The Labute approximate surface area is 79.6 Å². The molecule has 0 spiro atoms. The minimum atomic E-state index is 0.237. The molecule has 0 amide bonds. The van der Waals surface area contributed by atoms with Gasteiger partial charge in [-0.1, -0.05) is 30.7 Å². The van der Waals surface area contributed by atoms with Gasteiger partial charge in [0.05, 0.1) is 0 Å². The summed E-state index contributed by atoms with van der Waals surface area (Å²) >= 11 is 1.44.